The minimum absolute atomic E-state index is 0.0438. The molecule has 2 amide bonds. The van der Waals surface area contributed by atoms with Gasteiger partial charge in [0.2, 0.25) is 0 Å². The van der Waals surface area contributed by atoms with Crippen LogP contribution in [0.5, 0.6) is 11.5 Å². The molecule has 0 bridgehead atoms. The van der Waals surface area contributed by atoms with Crippen molar-refractivity contribution in [3.63, 3.8) is 0 Å². The van der Waals surface area contributed by atoms with Crippen molar-refractivity contribution >= 4 is 44.9 Å². The van der Waals surface area contributed by atoms with E-state index in [4.69, 9.17) is 4.74 Å². The summed E-state index contributed by atoms with van der Waals surface area (Å²) in [7, 11) is 1.46. The van der Waals surface area contributed by atoms with Crippen LogP contribution in [0.2, 0.25) is 0 Å². The van der Waals surface area contributed by atoms with Crippen LogP contribution in [0.15, 0.2) is 58.4 Å². The molecule has 1 aliphatic heterocycles. The summed E-state index contributed by atoms with van der Waals surface area (Å²) in [5, 5.41) is 9.88. The van der Waals surface area contributed by atoms with Crippen LogP contribution < -0.4 is 4.74 Å². The number of phenolic OH excluding ortho intramolecular Hbond substituents is 1. The van der Waals surface area contributed by atoms with Gasteiger partial charge in [0.1, 0.15) is 0 Å². The fraction of sp³-hybridized carbons (Fsp3) is 0.143. The minimum atomic E-state index is -0.340. The third-order valence-corrected chi connectivity index (χ3v) is 5.56. The number of carbonyl (C=O) groups is 2. The molecule has 0 spiro atoms. The minimum Gasteiger partial charge on any atom is -0.504 e. The Kier molecular flexibility index (Phi) is 6.26. The first-order valence-electron chi connectivity index (χ1n) is 8.43. The largest absolute Gasteiger partial charge is 0.504 e. The second-order valence-corrected chi connectivity index (χ2v) is 8.03. The van der Waals surface area contributed by atoms with Gasteiger partial charge >= 0.3 is 0 Å². The van der Waals surface area contributed by atoms with Crippen molar-refractivity contribution in [2.75, 3.05) is 7.11 Å². The zero-order valence-corrected chi connectivity index (χ0v) is 17.5. The number of imide groups is 1. The van der Waals surface area contributed by atoms with E-state index in [0.29, 0.717) is 28.2 Å². The molecular weight excluding hydrogens is 442 g/mol. The van der Waals surface area contributed by atoms with Crippen molar-refractivity contribution in [1.29, 1.82) is 0 Å². The zero-order chi connectivity index (χ0) is 20.3. The molecule has 5 nitrogen and oxygen atoms in total. The first-order valence-corrected chi connectivity index (χ1v) is 10.0. The number of allylic oxidation sites excluding steroid dienone is 1. The van der Waals surface area contributed by atoms with Crippen molar-refractivity contribution in [3.05, 3.63) is 75.1 Å². The van der Waals surface area contributed by atoms with E-state index in [2.05, 4.69) is 22.5 Å². The molecule has 2 aromatic rings. The van der Waals surface area contributed by atoms with Crippen molar-refractivity contribution in [2.45, 2.75) is 13.0 Å². The number of rotatable bonds is 6. The number of methoxy groups -OCH3 is 1. The summed E-state index contributed by atoms with van der Waals surface area (Å²) in [6, 6.07) is 10.9. The third kappa shape index (κ3) is 4.31. The molecule has 0 radical (unpaired) electrons. The molecule has 1 N–H and O–H groups in total. The highest BCUT2D eigenvalue weighted by molar-refractivity contribution is 9.10. The number of amides is 2. The van der Waals surface area contributed by atoms with E-state index in [1.54, 1.807) is 24.3 Å². The van der Waals surface area contributed by atoms with Crippen molar-refractivity contribution in [2.24, 2.45) is 0 Å². The van der Waals surface area contributed by atoms with Gasteiger partial charge in [0.15, 0.2) is 11.5 Å². The summed E-state index contributed by atoms with van der Waals surface area (Å²) < 4.78 is 6.10. The number of ether oxygens (including phenoxy) is 1. The summed E-state index contributed by atoms with van der Waals surface area (Å²) in [6.45, 7) is 3.89. The van der Waals surface area contributed by atoms with Crippen LogP contribution in [0.25, 0.3) is 6.08 Å². The second-order valence-electron chi connectivity index (χ2n) is 6.12. The fourth-order valence-electron chi connectivity index (χ4n) is 2.84. The lowest BCUT2D eigenvalue weighted by molar-refractivity contribution is -0.123. The molecule has 1 fully saturated rings. The maximum absolute atomic E-state index is 12.7. The van der Waals surface area contributed by atoms with Gasteiger partial charge in [0, 0.05) is 10.0 Å². The monoisotopic (exact) mass is 459 g/mol. The number of hydrogen-bond acceptors (Lipinski definition) is 5. The molecule has 1 saturated heterocycles. The van der Waals surface area contributed by atoms with Gasteiger partial charge in [-0.1, -0.05) is 34.1 Å². The lowest BCUT2D eigenvalue weighted by atomic mass is 10.1. The van der Waals surface area contributed by atoms with Gasteiger partial charge in [0.05, 0.1) is 18.6 Å². The van der Waals surface area contributed by atoms with Gasteiger partial charge in [-0.25, -0.2) is 0 Å². The molecule has 7 heteroatoms. The Hall–Kier alpha value is -2.51. The number of hydrogen-bond donors (Lipinski definition) is 1. The van der Waals surface area contributed by atoms with E-state index in [0.717, 1.165) is 21.8 Å². The molecule has 3 rings (SSSR count). The summed E-state index contributed by atoms with van der Waals surface area (Å²) in [6.07, 6.45) is 3.76. The number of thioether (sulfide) groups is 1. The van der Waals surface area contributed by atoms with E-state index < -0.39 is 0 Å². The number of aromatic hydroxyl groups is 1. The molecule has 144 valence electrons. The molecular formula is C21H18BrNO4S. The predicted molar refractivity (Wildman–Crippen MR) is 114 cm³/mol. The van der Waals surface area contributed by atoms with Gasteiger partial charge in [-0.2, -0.15) is 0 Å². The van der Waals surface area contributed by atoms with Crippen LogP contribution in [0.4, 0.5) is 4.79 Å². The molecule has 0 unspecified atom stereocenters. The summed E-state index contributed by atoms with van der Waals surface area (Å²) in [5.74, 6) is 0.00793. The van der Waals surface area contributed by atoms with Crippen molar-refractivity contribution < 1.29 is 19.4 Å². The lowest BCUT2D eigenvalue weighted by Gasteiger charge is -2.12. The Morgan fingerprint density at radius 2 is 2.07 bits per heavy atom. The molecule has 0 atom stereocenters. The van der Waals surface area contributed by atoms with Crippen LogP contribution >= 0.6 is 27.7 Å². The van der Waals surface area contributed by atoms with Crippen LogP contribution in [-0.4, -0.2) is 28.3 Å². The number of carbonyl (C=O) groups excluding carboxylic acids is 2. The molecule has 0 saturated carbocycles. The second kappa shape index (κ2) is 8.67. The van der Waals surface area contributed by atoms with Crippen molar-refractivity contribution in [1.82, 2.24) is 4.90 Å². The van der Waals surface area contributed by atoms with Crippen LogP contribution in [0.1, 0.15) is 16.7 Å². The predicted octanol–water partition coefficient (Wildman–Crippen LogP) is 5.13. The summed E-state index contributed by atoms with van der Waals surface area (Å²) in [5.41, 5.74) is 2.16. The molecule has 0 aliphatic carbocycles. The molecule has 1 aliphatic rings. The summed E-state index contributed by atoms with van der Waals surface area (Å²) in [4.78, 5) is 26.7. The van der Waals surface area contributed by atoms with E-state index >= 15 is 0 Å². The van der Waals surface area contributed by atoms with Crippen molar-refractivity contribution in [3.8, 4) is 11.5 Å². The van der Waals surface area contributed by atoms with Gasteiger partial charge in [-0.15, -0.1) is 6.58 Å². The fourth-order valence-corrected chi connectivity index (χ4v) is 4.13. The molecule has 0 aromatic heterocycles. The van der Waals surface area contributed by atoms with Gasteiger partial charge < -0.3 is 9.84 Å². The highest BCUT2D eigenvalue weighted by Gasteiger charge is 2.35. The van der Waals surface area contributed by atoms with Crippen LogP contribution in [-0.2, 0) is 17.8 Å². The SMILES string of the molecule is C=CCc1cc(/C=C2\SC(=O)N(Cc3cccc(Br)c3)C2=O)cc(OC)c1O. The smallest absolute Gasteiger partial charge is 0.293 e. The average molecular weight is 460 g/mol. The Morgan fingerprint density at radius 3 is 2.75 bits per heavy atom. The lowest BCUT2D eigenvalue weighted by Crippen LogP contribution is -2.27. The van der Waals surface area contributed by atoms with E-state index in [1.165, 1.54) is 12.0 Å². The number of nitrogens with zero attached hydrogens (tertiary/aromatic N) is 1. The Labute approximate surface area is 175 Å². The van der Waals surface area contributed by atoms with E-state index in [9.17, 15) is 14.7 Å². The number of halogens is 1. The summed E-state index contributed by atoms with van der Waals surface area (Å²) >= 11 is 4.29. The Balaban J connectivity index is 1.89. The quantitative estimate of drug-likeness (QED) is 0.479. The first kappa shape index (κ1) is 20.2. The average Bonchev–Trinajstić information content (AvgIpc) is 2.92. The number of phenols is 1. The topological polar surface area (TPSA) is 66.8 Å². The zero-order valence-electron chi connectivity index (χ0n) is 15.1. The highest BCUT2D eigenvalue weighted by Crippen LogP contribution is 2.36. The third-order valence-electron chi connectivity index (χ3n) is 4.16. The standard InChI is InChI=1S/C21H18BrNO4S/c1-3-5-15-8-14(10-17(27-2)19(15)24)11-18-20(25)23(21(26)28-18)12-13-6-4-7-16(22)9-13/h3-4,6-11,24H,1,5,12H2,2H3/b18-11-. The van der Waals surface area contributed by atoms with E-state index in [1.807, 2.05) is 24.3 Å². The first-order chi connectivity index (χ1) is 13.4. The number of benzene rings is 2. The molecule has 2 aromatic carbocycles. The Morgan fingerprint density at radius 1 is 1.29 bits per heavy atom. The van der Waals surface area contributed by atoms with Crippen LogP contribution in [0, 0.1) is 0 Å². The molecule has 1 heterocycles. The van der Waals surface area contributed by atoms with E-state index in [-0.39, 0.29) is 23.4 Å². The highest BCUT2D eigenvalue weighted by atomic mass is 79.9. The van der Waals surface area contributed by atoms with Gasteiger partial charge in [0.25, 0.3) is 11.1 Å². The normalized spacial score (nSPS) is 15.4. The van der Waals surface area contributed by atoms with Crippen LogP contribution in [0.3, 0.4) is 0 Å². The van der Waals surface area contributed by atoms with Gasteiger partial charge in [-0.3, -0.25) is 14.5 Å². The molecule has 28 heavy (non-hydrogen) atoms. The maximum atomic E-state index is 12.7. The maximum Gasteiger partial charge on any atom is 0.293 e. The van der Waals surface area contributed by atoms with Gasteiger partial charge in [-0.05, 0) is 59.7 Å². The Bertz CT molecular complexity index is 986.